The van der Waals surface area contributed by atoms with Crippen LogP contribution in [0.3, 0.4) is 0 Å². The van der Waals surface area contributed by atoms with Gasteiger partial charge in [0.2, 0.25) is 0 Å². The molecule has 2 atom stereocenters. The first-order chi connectivity index (χ1) is 11.6. The average Bonchev–Trinajstić information content (AvgIpc) is 3.18. The molecule has 0 saturated carbocycles. The lowest BCUT2D eigenvalue weighted by molar-refractivity contribution is 0.236. The molecule has 0 aromatic carbocycles. The van der Waals surface area contributed by atoms with E-state index in [1.54, 1.807) is 29.5 Å². The third kappa shape index (κ3) is 3.70. The molecule has 0 unspecified atom stereocenters. The number of thiazole rings is 1. The zero-order chi connectivity index (χ0) is 17.1. The second-order valence-electron chi connectivity index (χ2n) is 6.03. The summed E-state index contributed by atoms with van der Waals surface area (Å²) in [5.74, 6) is -0.109. The van der Waals surface area contributed by atoms with Gasteiger partial charge in [-0.3, -0.25) is 4.90 Å². The highest BCUT2D eigenvalue weighted by atomic mass is 32.1. The molecule has 1 fully saturated rings. The minimum absolute atomic E-state index is 0.00772. The molecular formula is C16H21F2N5S. The van der Waals surface area contributed by atoms with E-state index in [-0.39, 0.29) is 17.7 Å². The van der Waals surface area contributed by atoms with Crippen LogP contribution in [0.4, 0.5) is 14.6 Å². The van der Waals surface area contributed by atoms with Crippen molar-refractivity contribution < 1.29 is 8.78 Å². The molecule has 2 aromatic heterocycles. The molecule has 0 bridgehead atoms. The van der Waals surface area contributed by atoms with Gasteiger partial charge in [-0.25, -0.2) is 23.7 Å². The van der Waals surface area contributed by atoms with Crippen molar-refractivity contribution in [1.29, 1.82) is 0 Å². The van der Waals surface area contributed by atoms with Crippen molar-refractivity contribution in [3.63, 3.8) is 0 Å². The number of alkyl halides is 1. The number of likely N-dealkylation sites (N-methyl/N-ethyl adjacent to an activating group) is 1. The first kappa shape index (κ1) is 17.2. The third-order valence-electron chi connectivity index (χ3n) is 4.32. The van der Waals surface area contributed by atoms with Crippen molar-refractivity contribution in [2.75, 3.05) is 25.0 Å². The van der Waals surface area contributed by atoms with Gasteiger partial charge >= 0.3 is 0 Å². The Labute approximate surface area is 144 Å². The fraction of sp³-hybridized carbons (Fsp3) is 0.562. The van der Waals surface area contributed by atoms with Crippen molar-refractivity contribution >= 4 is 17.2 Å². The van der Waals surface area contributed by atoms with Crippen molar-refractivity contribution in [3.05, 3.63) is 34.4 Å². The molecule has 1 saturated heterocycles. The Kier molecular flexibility index (Phi) is 5.35. The van der Waals surface area contributed by atoms with Gasteiger partial charge in [0.05, 0.1) is 12.2 Å². The quantitative estimate of drug-likeness (QED) is 0.799. The summed E-state index contributed by atoms with van der Waals surface area (Å²) in [5.41, 5.74) is 0.404. The fourth-order valence-corrected chi connectivity index (χ4v) is 3.76. The van der Waals surface area contributed by atoms with Gasteiger partial charge in [0, 0.05) is 37.8 Å². The Morgan fingerprint density at radius 3 is 2.92 bits per heavy atom. The Balaban J connectivity index is 1.71. The lowest BCUT2D eigenvalue weighted by Crippen LogP contribution is -2.39. The third-order valence-corrected chi connectivity index (χ3v) is 5.09. The van der Waals surface area contributed by atoms with Crippen LogP contribution in [0.15, 0.2) is 17.9 Å². The van der Waals surface area contributed by atoms with Gasteiger partial charge < -0.3 is 4.90 Å². The van der Waals surface area contributed by atoms with Crippen molar-refractivity contribution in [2.45, 2.75) is 38.5 Å². The smallest absolute Gasteiger partial charge is 0.187 e. The summed E-state index contributed by atoms with van der Waals surface area (Å²) < 4.78 is 28.3. The number of aryl methyl sites for hydroxylation is 1. The van der Waals surface area contributed by atoms with Gasteiger partial charge in [0.15, 0.2) is 11.6 Å². The van der Waals surface area contributed by atoms with E-state index in [0.29, 0.717) is 38.2 Å². The minimum Gasteiger partial charge on any atom is -0.356 e. The minimum atomic E-state index is -0.857. The molecule has 2 aromatic rings. The largest absolute Gasteiger partial charge is 0.356 e. The lowest BCUT2D eigenvalue weighted by atomic mass is 10.2. The predicted octanol–water partition coefficient (Wildman–Crippen LogP) is 2.68. The molecule has 24 heavy (non-hydrogen) atoms. The van der Waals surface area contributed by atoms with Crippen LogP contribution in [0.5, 0.6) is 0 Å². The van der Waals surface area contributed by atoms with E-state index in [0.717, 1.165) is 5.01 Å². The van der Waals surface area contributed by atoms with E-state index in [9.17, 15) is 8.78 Å². The van der Waals surface area contributed by atoms with E-state index in [4.69, 9.17) is 0 Å². The van der Waals surface area contributed by atoms with E-state index < -0.39 is 6.17 Å². The summed E-state index contributed by atoms with van der Waals surface area (Å²) in [7, 11) is 1.79. The molecular weight excluding hydrogens is 332 g/mol. The SMILES string of the molecule is CCc1ncnc(N(C)C[C@@H]2C[C@H](F)CN2Cc2nccs2)c1F. The number of hydrogen-bond acceptors (Lipinski definition) is 6. The molecule has 0 N–H and O–H groups in total. The van der Waals surface area contributed by atoms with Crippen molar-refractivity contribution in [3.8, 4) is 0 Å². The topological polar surface area (TPSA) is 45.2 Å². The van der Waals surface area contributed by atoms with Crippen LogP contribution >= 0.6 is 11.3 Å². The van der Waals surface area contributed by atoms with Gasteiger partial charge in [-0.2, -0.15) is 0 Å². The Morgan fingerprint density at radius 1 is 1.38 bits per heavy atom. The number of likely N-dealkylation sites (tertiary alicyclic amines) is 1. The van der Waals surface area contributed by atoms with Crippen LogP contribution in [-0.2, 0) is 13.0 Å². The zero-order valence-electron chi connectivity index (χ0n) is 13.8. The summed E-state index contributed by atoms with van der Waals surface area (Å²) in [6.07, 6.45) is 3.25. The number of anilines is 1. The molecule has 1 aliphatic rings. The highest BCUT2D eigenvalue weighted by Crippen LogP contribution is 2.26. The number of rotatable bonds is 6. The number of halogens is 2. The Bertz CT molecular complexity index is 666. The van der Waals surface area contributed by atoms with E-state index in [2.05, 4.69) is 19.9 Å². The van der Waals surface area contributed by atoms with Crippen LogP contribution in [0.25, 0.3) is 0 Å². The van der Waals surface area contributed by atoms with Crippen LogP contribution in [0, 0.1) is 5.82 Å². The molecule has 3 rings (SSSR count). The number of aromatic nitrogens is 3. The standard InChI is InChI=1S/C16H21F2N5S/c1-3-13-15(18)16(21-10-20-13)22(2)8-12-6-11(17)7-23(12)9-14-19-4-5-24-14/h4-5,10-12H,3,6-9H2,1-2H3/t11-,12-/m0/s1. The second kappa shape index (κ2) is 7.48. The monoisotopic (exact) mass is 353 g/mol. The van der Waals surface area contributed by atoms with E-state index in [1.165, 1.54) is 6.33 Å². The zero-order valence-corrected chi connectivity index (χ0v) is 14.6. The first-order valence-electron chi connectivity index (χ1n) is 8.05. The molecule has 0 spiro atoms. The maximum absolute atomic E-state index is 14.4. The average molecular weight is 353 g/mol. The highest BCUT2D eigenvalue weighted by Gasteiger charge is 2.33. The van der Waals surface area contributed by atoms with Crippen LogP contribution in [0.2, 0.25) is 0 Å². The normalized spacial score (nSPS) is 21.3. The van der Waals surface area contributed by atoms with E-state index >= 15 is 0 Å². The summed E-state index contributed by atoms with van der Waals surface area (Å²) in [6, 6.07) is 0.00772. The first-order valence-corrected chi connectivity index (χ1v) is 8.93. The Hall–Kier alpha value is -1.67. The maximum Gasteiger partial charge on any atom is 0.187 e. The van der Waals surface area contributed by atoms with Crippen LogP contribution < -0.4 is 4.90 Å². The second-order valence-corrected chi connectivity index (χ2v) is 7.01. The highest BCUT2D eigenvalue weighted by molar-refractivity contribution is 7.09. The van der Waals surface area contributed by atoms with Crippen molar-refractivity contribution in [2.24, 2.45) is 0 Å². The van der Waals surface area contributed by atoms with Gasteiger partial charge in [-0.15, -0.1) is 11.3 Å². The number of nitrogens with zero attached hydrogens (tertiary/aromatic N) is 5. The fourth-order valence-electron chi connectivity index (χ4n) is 3.12. The molecule has 5 nitrogen and oxygen atoms in total. The summed E-state index contributed by atoms with van der Waals surface area (Å²) in [4.78, 5) is 16.1. The van der Waals surface area contributed by atoms with Crippen LogP contribution in [0.1, 0.15) is 24.0 Å². The van der Waals surface area contributed by atoms with Gasteiger partial charge in [-0.1, -0.05) is 6.92 Å². The van der Waals surface area contributed by atoms with Gasteiger partial charge in [-0.05, 0) is 12.8 Å². The molecule has 3 heterocycles. The van der Waals surface area contributed by atoms with Crippen molar-refractivity contribution in [1.82, 2.24) is 19.9 Å². The molecule has 130 valence electrons. The summed E-state index contributed by atoms with van der Waals surface area (Å²) >= 11 is 1.57. The summed E-state index contributed by atoms with van der Waals surface area (Å²) in [6.45, 7) is 3.39. The van der Waals surface area contributed by atoms with E-state index in [1.807, 2.05) is 12.3 Å². The molecule has 0 aliphatic carbocycles. The van der Waals surface area contributed by atoms with Gasteiger partial charge in [0.25, 0.3) is 0 Å². The summed E-state index contributed by atoms with van der Waals surface area (Å²) in [5, 5.41) is 2.89. The predicted molar refractivity (Wildman–Crippen MR) is 90.5 cm³/mol. The Morgan fingerprint density at radius 2 is 2.21 bits per heavy atom. The lowest BCUT2D eigenvalue weighted by Gasteiger charge is -2.28. The molecule has 1 aliphatic heterocycles. The molecule has 0 radical (unpaired) electrons. The van der Waals surface area contributed by atoms with Gasteiger partial charge in [0.1, 0.15) is 17.5 Å². The molecule has 8 heteroatoms. The maximum atomic E-state index is 14.4. The number of hydrogen-bond donors (Lipinski definition) is 0. The van der Waals surface area contributed by atoms with Crippen LogP contribution in [-0.4, -0.2) is 52.2 Å². The molecule has 0 amide bonds.